The summed E-state index contributed by atoms with van der Waals surface area (Å²) in [5.41, 5.74) is 2.75. The first-order valence-electron chi connectivity index (χ1n) is 6.34. The van der Waals surface area contributed by atoms with Gasteiger partial charge in [0.1, 0.15) is 5.69 Å². The number of carboxylic acids is 1. The van der Waals surface area contributed by atoms with Gasteiger partial charge in [-0.25, -0.2) is 9.48 Å². The number of hydrogen-bond acceptors (Lipinski definition) is 4. The maximum Gasteiger partial charge on any atom is 0.358 e. The minimum Gasteiger partial charge on any atom is -0.476 e. The van der Waals surface area contributed by atoms with Crippen molar-refractivity contribution in [3.05, 3.63) is 60.0 Å². The summed E-state index contributed by atoms with van der Waals surface area (Å²) < 4.78 is 1.54. The molecule has 0 spiro atoms. The molecule has 3 aromatic rings. The lowest BCUT2D eigenvalue weighted by molar-refractivity contribution is 0.0691. The molecular formula is C15H12N4O2. The predicted octanol–water partition coefficient (Wildman–Crippen LogP) is 2.34. The third-order valence-electron chi connectivity index (χ3n) is 3.15. The molecule has 0 unspecified atom stereocenters. The van der Waals surface area contributed by atoms with Crippen LogP contribution in [-0.4, -0.2) is 31.1 Å². The fourth-order valence-corrected chi connectivity index (χ4v) is 2.16. The van der Waals surface area contributed by atoms with Crippen molar-refractivity contribution in [2.45, 2.75) is 6.92 Å². The first-order valence-corrected chi connectivity index (χ1v) is 6.34. The van der Waals surface area contributed by atoms with Crippen LogP contribution in [0.1, 0.15) is 16.1 Å². The summed E-state index contributed by atoms with van der Waals surface area (Å²) in [7, 11) is 0. The topological polar surface area (TPSA) is 80.9 Å². The van der Waals surface area contributed by atoms with E-state index in [-0.39, 0.29) is 5.69 Å². The number of pyridine rings is 1. The molecule has 2 heterocycles. The molecule has 0 saturated carbocycles. The van der Waals surface area contributed by atoms with Gasteiger partial charge in [-0.3, -0.25) is 4.98 Å². The molecule has 6 heteroatoms. The van der Waals surface area contributed by atoms with E-state index in [1.807, 2.05) is 31.2 Å². The Kier molecular flexibility index (Phi) is 3.19. The number of aromatic carboxylic acids is 1. The monoisotopic (exact) mass is 280 g/mol. The van der Waals surface area contributed by atoms with Crippen molar-refractivity contribution in [2.75, 3.05) is 0 Å². The van der Waals surface area contributed by atoms with E-state index >= 15 is 0 Å². The van der Waals surface area contributed by atoms with Crippen LogP contribution in [0.25, 0.3) is 16.9 Å². The second-order valence-electron chi connectivity index (χ2n) is 4.53. The highest BCUT2D eigenvalue weighted by Gasteiger charge is 2.22. The van der Waals surface area contributed by atoms with Crippen molar-refractivity contribution in [1.82, 2.24) is 20.0 Å². The number of aryl methyl sites for hydroxylation is 1. The minimum atomic E-state index is -1.12. The standard InChI is InChI=1S/C15H12N4O2/c1-10-5-2-3-7-12(10)19-14(11-6-4-8-16-9-11)13(15(20)21)17-18-19/h2-9H,1H3,(H,20,21). The molecule has 0 atom stereocenters. The van der Waals surface area contributed by atoms with Crippen molar-refractivity contribution in [1.29, 1.82) is 0 Å². The van der Waals surface area contributed by atoms with Gasteiger partial charge in [0, 0.05) is 18.0 Å². The molecule has 0 amide bonds. The second kappa shape index (κ2) is 5.16. The lowest BCUT2D eigenvalue weighted by atomic mass is 10.1. The maximum absolute atomic E-state index is 11.4. The van der Waals surface area contributed by atoms with Gasteiger partial charge in [0.2, 0.25) is 0 Å². The predicted molar refractivity (Wildman–Crippen MR) is 76.3 cm³/mol. The highest BCUT2D eigenvalue weighted by atomic mass is 16.4. The Morgan fingerprint density at radius 1 is 1.19 bits per heavy atom. The van der Waals surface area contributed by atoms with Crippen LogP contribution in [-0.2, 0) is 0 Å². The van der Waals surface area contributed by atoms with E-state index in [9.17, 15) is 9.90 Å². The Balaban J connectivity index is 2.28. The number of carbonyl (C=O) groups is 1. The lowest BCUT2D eigenvalue weighted by Crippen LogP contribution is -2.04. The van der Waals surface area contributed by atoms with Crippen LogP contribution in [0.5, 0.6) is 0 Å². The quantitative estimate of drug-likeness (QED) is 0.796. The van der Waals surface area contributed by atoms with Gasteiger partial charge in [-0.2, -0.15) is 0 Å². The zero-order valence-corrected chi connectivity index (χ0v) is 11.3. The molecule has 0 bridgehead atoms. The van der Waals surface area contributed by atoms with Gasteiger partial charge in [-0.1, -0.05) is 23.4 Å². The molecule has 3 rings (SSSR count). The van der Waals surface area contributed by atoms with E-state index in [0.29, 0.717) is 11.3 Å². The van der Waals surface area contributed by atoms with E-state index in [0.717, 1.165) is 11.3 Å². The third-order valence-corrected chi connectivity index (χ3v) is 3.15. The van der Waals surface area contributed by atoms with Crippen LogP contribution in [0.4, 0.5) is 0 Å². The van der Waals surface area contributed by atoms with Crippen LogP contribution >= 0.6 is 0 Å². The Hall–Kier alpha value is -3.02. The van der Waals surface area contributed by atoms with Crippen molar-refractivity contribution in [3.63, 3.8) is 0 Å². The molecule has 0 aliphatic rings. The summed E-state index contributed by atoms with van der Waals surface area (Å²) in [4.78, 5) is 15.4. The summed E-state index contributed by atoms with van der Waals surface area (Å²) in [6.45, 7) is 1.93. The SMILES string of the molecule is Cc1ccccc1-n1nnc(C(=O)O)c1-c1cccnc1. The number of rotatable bonds is 3. The van der Waals surface area contributed by atoms with Crippen molar-refractivity contribution >= 4 is 5.97 Å². The molecule has 0 saturated heterocycles. The molecule has 0 fully saturated rings. The molecule has 0 aliphatic heterocycles. The van der Waals surface area contributed by atoms with Crippen LogP contribution < -0.4 is 0 Å². The summed E-state index contributed by atoms with van der Waals surface area (Å²) in [5, 5.41) is 17.1. The smallest absolute Gasteiger partial charge is 0.358 e. The highest BCUT2D eigenvalue weighted by Crippen LogP contribution is 2.25. The summed E-state index contributed by atoms with van der Waals surface area (Å²) in [6.07, 6.45) is 3.23. The zero-order valence-electron chi connectivity index (χ0n) is 11.3. The van der Waals surface area contributed by atoms with Gasteiger partial charge in [0.05, 0.1) is 5.69 Å². The molecule has 0 aliphatic carbocycles. The molecule has 104 valence electrons. The molecule has 0 radical (unpaired) electrons. The van der Waals surface area contributed by atoms with Crippen LogP contribution in [0.2, 0.25) is 0 Å². The highest BCUT2D eigenvalue weighted by molar-refractivity contribution is 5.93. The third kappa shape index (κ3) is 2.27. The van der Waals surface area contributed by atoms with Gasteiger partial charge >= 0.3 is 5.97 Å². The Morgan fingerprint density at radius 3 is 2.67 bits per heavy atom. The van der Waals surface area contributed by atoms with Gasteiger partial charge in [0.15, 0.2) is 5.69 Å². The van der Waals surface area contributed by atoms with E-state index in [2.05, 4.69) is 15.3 Å². The first-order chi connectivity index (χ1) is 10.2. The van der Waals surface area contributed by atoms with Gasteiger partial charge in [-0.15, -0.1) is 5.10 Å². The van der Waals surface area contributed by atoms with E-state index in [1.54, 1.807) is 24.5 Å². The fourth-order valence-electron chi connectivity index (χ4n) is 2.16. The molecule has 2 aromatic heterocycles. The lowest BCUT2D eigenvalue weighted by Gasteiger charge is -2.09. The maximum atomic E-state index is 11.4. The van der Waals surface area contributed by atoms with Gasteiger partial charge in [-0.05, 0) is 30.7 Å². The van der Waals surface area contributed by atoms with Crippen LogP contribution in [0, 0.1) is 6.92 Å². The zero-order chi connectivity index (χ0) is 14.8. The van der Waals surface area contributed by atoms with Gasteiger partial charge < -0.3 is 5.11 Å². The average molecular weight is 280 g/mol. The average Bonchev–Trinajstić information content (AvgIpc) is 2.93. The van der Waals surface area contributed by atoms with Crippen molar-refractivity contribution in [2.24, 2.45) is 0 Å². The minimum absolute atomic E-state index is 0.0914. The van der Waals surface area contributed by atoms with Crippen molar-refractivity contribution < 1.29 is 9.90 Å². The fraction of sp³-hybridized carbons (Fsp3) is 0.0667. The van der Waals surface area contributed by atoms with Crippen LogP contribution in [0.15, 0.2) is 48.8 Å². The molecule has 1 aromatic carbocycles. The summed E-state index contributed by atoms with van der Waals surface area (Å²) in [5.74, 6) is -1.12. The molecule has 21 heavy (non-hydrogen) atoms. The Labute approximate surface area is 120 Å². The molecule has 6 nitrogen and oxygen atoms in total. The normalized spacial score (nSPS) is 10.5. The van der Waals surface area contributed by atoms with E-state index in [4.69, 9.17) is 0 Å². The number of aromatic nitrogens is 4. The summed E-state index contributed by atoms with van der Waals surface area (Å²) in [6, 6.07) is 11.1. The summed E-state index contributed by atoms with van der Waals surface area (Å²) >= 11 is 0. The second-order valence-corrected chi connectivity index (χ2v) is 4.53. The van der Waals surface area contributed by atoms with Crippen molar-refractivity contribution in [3.8, 4) is 16.9 Å². The Bertz CT molecular complexity index is 796. The largest absolute Gasteiger partial charge is 0.476 e. The number of benzene rings is 1. The number of hydrogen-bond donors (Lipinski definition) is 1. The van der Waals surface area contributed by atoms with E-state index in [1.165, 1.54) is 4.68 Å². The molecule has 1 N–H and O–H groups in total. The van der Waals surface area contributed by atoms with Crippen LogP contribution in [0.3, 0.4) is 0 Å². The first kappa shape index (κ1) is 13.0. The molecular weight excluding hydrogens is 268 g/mol. The number of carboxylic acid groups (broad SMARTS) is 1. The Morgan fingerprint density at radius 2 is 2.00 bits per heavy atom. The number of nitrogens with zero attached hydrogens (tertiary/aromatic N) is 4. The van der Waals surface area contributed by atoms with Gasteiger partial charge in [0.25, 0.3) is 0 Å². The number of para-hydroxylation sites is 1. The van der Waals surface area contributed by atoms with E-state index < -0.39 is 5.97 Å².